The van der Waals surface area contributed by atoms with Gasteiger partial charge in [0.15, 0.2) is 0 Å². The molecule has 2 heterocycles. The van der Waals surface area contributed by atoms with E-state index in [1.807, 2.05) is 60.7 Å². The van der Waals surface area contributed by atoms with Crippen LogP contribution < -0.4 is 5.32 Å². The second-order valence-electron chi connectivity index (χ2n) is 12.6. The van der Waals surface area contributed by atoms with E-state index in [0.29, 0.717) is 17.7 Å². The molecule has 0 unspecified atom stereocenters. The first kappa shape index (κ1) is 31.4. The first-order valence-electron chi connectivity index (χ1n) is 15.9. The van der Waals surface area contributed by atoms with Crippen LogP contribution in [0.1, 0.15) is 70.0 Å². The fourth-order valence-electron chi connectivity index (χ4n) is 6.29. The van der Waals surface area contributed by atoms with Crippen molar-refractivity contribution in [3.05, 3.63) is 107 Å². The van der Waals surface area contributed by atoms with Gasteiger partial charge in [0, 0.05) is 32.6 Å². The number of rotatable bonds is 13. The lowest BCUT2D eigenvalue weighted by atomic mass is 9.99. The highest BCUT2D eigenvalue weighted by Crippen LogP contribution is 2.24. The zero-order valence-corrected chi connectivity index (χ0v) is 26.0. The number of nitrogens with zero attached hydrogens (tertiary/aromatic N) is 3. The van der Waals surface area contributed by atoms with Gasteiger partial charge in [0.25, 0.3) is 11.8 Å². The minimum absolute atomic E-state index is 0.0761. The number of alkyl carbamates (subject to hydrolysis) is 1. The molecule has 0 spiro atoms. The summed E-state index contributed by atoms with van der Waals surface area (Å²) in [7, 11) is 4.50. The zero-order valence-electron chi connectivity index (χ0n) is 26.0. The molecule has 8 nitrogen and oxygen atoms in total. The molecular weight excluding hydrogens is 552 g/mol. The van der Waals surface area contributed by atoms with Crippen molar-refractivity contribution in [2.24, 2.45) is 0 Å². The average molecular weight is 598 g/mol. The Hall–Kier alpha value is -4.01. The Morgan fingerprint density at radius 1 is 0.773 bits per heavy atom. The molecule has 232 valence electrons. The smallest absolute Gasteiger partial charge is 0.408 e. The van der Waals surface area contributed by atoms with Gasteiger partial charge in [-0.2, -0.15) is 0 Å². The molecule has 5 rings (SSSR count). The fourth-order valence-corrected chi connectivity index (χ4v) is 6.29. The van der Waals surface area contributed by atoms with Crippen LogP contribution in [0.5, 0.6) is 0 Å². The molecular formula is C36H45N4O4+. The molecule has 3 aromatic carbocycles. The maximum Gasteiger partial charge on any atom is 0.408 e. The predicted molar refractivity (Wildman–Crippen MR) is 171 cm³/mol. The summed E-state index contributed by atoms with van der Waals surface area (Å²) in [5.74, 6) is -0.338. The molecule has 0 saturated carbocycles. The van der Waals surface area contributed by atoms with Crippen molar-refractivity contribution in [3.63, 3.8) is 0 Å². The molecule has 8 heteroatoms. The van der Waals surface area contributed by atoms with Crippen LogP contribution in [0.15, 0.2) is 84.9 Å². The molecule has 0 aromatic heterocycles. The first-order chi connectivity index (χ1) is 21.3. The minimum Gasteiger partial charge on any atom is -0.446 e. The number of piperidine rings is 1. The third kappa shape index (κ3) is 8.12. The van der Waals surface area contributed by atoms with Gasteiger partial charge >= 0.3 is 6.09 Å². The zero-order chi connectivity index (χ0) is 30.9. The van der Waals surface area contributed by atoms with E-state index in [9.17, 15) is 14.4 Å². The molecule has 1 N–H and O–H groups in total. The quantitative estimate of drug-likeness (QED) is 0.160. The van der Waals surface area contributed by atoms with Crippen molar-refractivity contribution in [3.8, 4) is 0 Å². The monoisotopic (exact) mass is 597 g/mol. The second kappa shape index (κ2) is 14.6. The van der Waals surface area contributed by atoms with E-state index in [-0.39, 0.29) is 30.1 Å². The van der Waals surface area contributed by atoms with Crippen LogP contribution >= 0.6 is 0 Å². The van der Waals surface area contributed by atoms with Crippen LogP contribution in [0.4, 0.5) is 4.79 Å². The predicted octanol–water partition coefficient (Wildman–Crippen LogP) is 5.51. The molecule has 3 amide bonds. The van der Waals surface area contributed by atoms with Crippen molar-refractivity contribution in [2.45, 2.75) is 44.2 Å². The Morgan fingerprint density at radius 3 is 1.86 bits per heavy atom. The van der Waals surface area contributed by atoms with E-state index in [1.54, 1.807) is 24.3 Å². The molecule has 1 fully saturated rings. The number of hydrogen-bond donors (Lipinski definition) is 1. The molecule has 44 heavy (non-hydrogen) atoms. The number of fused-ring (bicyclic) bond motifs is 1. The third-order valence-electron chi connectivity index (χ3n) is 8.85. The largest absolute Gasteiger partial charge is 0.446 e. The standard InChI is InChI=1S/C36H44N4O4/c1-40(2,26-12-11-23-39-34(41)31-18-9-10-19-32(31)35(39)42)27-13-22-38-24-20-30(21-25-38)44-36(43)37-33(28-14-5-3-6-15-28)29-16-7-4-8-17-29/h3-10,14-19,30,33H,11-13,20-27H2,1-2H3/p+1. The van der Waals surface area contributed by atoms with E-state index >= 15 is 0 Å². The van der Waals surface area contributed by atoms with Gasteiger partial charge in [-0.1, -0.05) is 72.8 Å². The van der Waals surface area contributed by atoms with Gasteiger partial charge in [-0.25, -0.2) is 4.79 Å². The summed E-state index contributed by atoms with van der Waals surface area (Å²) in [6.45, 7) is 5.41. The minimum atomic E-state index is -0.372. The summed E-state index contributed by atoms with van der Waals surface area (Å²) in [6.07, 6.45) is 4.09. The topological polar surface area (TPSA) is 79.0 Å². The Kier molecular flexibility index (Phi) is 10.5. The van der Waals surface area contributed by atoms with Crippen LogP contribution in [-0.4, -0.2) is 91.7 Å². The molecule has 1 saturated heterocycles. The van der Waals surface area contributed by atoms with Crippen molar-refractivity contribution in [2.75, 3.05) is 53.4 Å². The van der Waals surface area contributed by atoms with E-state index in [2.05, 4.69) is 24.3 Å². The maximum absolute atomic E-state index is 12.9. The Balaban J connectivity index is 0.977. The number of likely N-dealkylation sites (tertiary alicyclic amines) is 1. The highest BCUT2D eigenvalue weighted by atomic mass is 16.6. The lowest BCUT2D eigenvalue weighted by Gasteiger charge is -2.34. The maximum atomic E-state index is 12.9. The van der Waals surface area contributed by atoms with Gasteiger partial charge in [-0.3, -0.25) is 14.5 Å². The molecule has 0 bridgehead atoms. The SMILES string of the molecule is C[N+](C)(CCCCN1C(=O)c2ccccc2C1=O)CCCN1CCC(OC(=O)NC(c2ccccc2)c2ccccc2)CC1. The summed E-state index contributed by atoms with van der Waals surface area (Å²) in [6, 6.07) is 26.8. The summed E-state index contributed by atoms with van der Waals surface area (Å²) in [4.78, 5) is 41.9. The van der Waals surface area contributed by atoms with Crippen molar-refractivity contribution in [1.29, 1.82) is 0 Å². The number of ether oxygens (including phenoxy) is 1. The van der Waals surface area contributed by atoms with E-state index < -0.39 is 0 Å². The highest BCUT2D eigenvalue weighted by molar-refractivity contribution is 6.21. The fraction of sp³-hybridized carbons (Fsp3) is 0.417. The van der Waals surface area contributed by atoms with E-state index in [4.69, 9.17) is 4.74 Å². The number of imide groups is 1. The van der Waals surface area contributed by atoms with Gasteiger partial charge in [0.05, 0.1) is 44.4 Å². The number of nitrogens with one attached hydrogen (secondary N) is 1. The summed E-state index contributed by atoms with van der Waals surface area (Å²) in [5.41, 5.74) is 3.09. The molecule has 2 aliphatic rings. The first-order valence-corrected chi connectivity index (χ1v) is 15.9. The van der Waals surface area contributed by atoms with Crippen molar-refractivity contribution >= 4 is 17.9 Å². The van der Waals surface area contributed by atoms with Gasteiger partial charge in [-0.05, 0) is 48.9 Å². The van der Waals surface area contributed by atoms with Gasteiger partial charge in [0.1, 0.15) is 6.10 Å². The number of benzene rings is 3. The van der Waals surface area contributed by atoms with Gasteiger partial charge in [0.2, 0.25) is 0 Å². The van der Waals surface area contributed by atoms with Crippen LogP contribution in [0.3, 0.4) is 0 Å². The molecule has 2 aliphatic heterocycles. The third-order valence-corrected chi connectivity index (χ3v) is 8.85. The number of quaternary nitrogens is 1. The van der Waals surface area contributed by atoms with Crippen LogP contribution in [0.25, 0.3) is 0 Å². The van der Waals surface area contributed by atoms with Gasteiger partial charge < -0.3 is 19.4 Å². The Morgan fingerprint density at radius 2 is 1.30 bits per heavy atom. The van der Waals surface area contributed by atoms with Crippen LogP contribution in [-0.2, 0) is 4.74 Å². The number of hydrogen-bond acceptors (Lipinski definition) is 5. The Bertz CT molecular complexity index is 1330. The normalized spacial score (nSPS) is 15.9. The molecule has 3 aromatic rings. The lowest BCUT2D eigenvalue weighted by molar-refractivity contribution is -0.890. The van der Waals surface area contributed by atoms with Gasteiger partial charge in [-0.15, -0.1) is 0 Å². The Labute approximate surface area is 261 Å². The summed E-state index contributed by atoms with van der Waals surface area (Å²) in [5, 5.41) is 3.09. The molecule has 0 atom stereocenters. The summed E-state index contributed by atoms with van der Waals surface area (Å²) < 4.78 is 6.78. The van der Waals surface area contributed by atoms with Crippen molar-refractivity contribution < 1.29 is 23.6 Å². The van der Waals surface area contributed by atoms with Crippen LogP contribution in [0, 0.1) is 0 Å². The number of amides is 3. The second-order valence-corrected chi connectivity index (χ2v) is 12.6. The average Bonchev–Trinajstić information content (AvgIpc) is 3.28. The molecule has 0 aliphatic carbocycles. The number of carbonyl (C=O) groups excluding carboxylic acids is 3. The van der Waals surface area contributed by atoms with Crippen molar-refractivity contribution in [1.82, 2.24) is 15.1 Å². The molecule has 0 radical (unpaired) electrons. The highest BCUT2D eigenvalue weighted by Gasteiger charge is 2.34. The van der Waals surface area contributed by atoms with E-state index in [1.165, 1.54) is 4.90 Å². The number of carbonyl (C=O) groups is 3. The van der Waals surface area contributed by atoms with E-state index in [0.717, 1.165) is 80.4 Å². The lowest BCUT2D eigenvalue weighted by Crippen LogP contribution is -2.44. The number of unbranched alkanes of at least 4 members (excludes halogenated alkanes) is 1. The summed E-state index contributed by atoms with van der Waals surface area (Å²) >= 11 is 0. The van der Waals surface area contributed by atoms with Crippen LogP contribution in [0.2, 0.25) is 0 Å².